The summed E-state index contributed by atoms with van der Waals surface area (Å²) in [6.07, 6.45) is 0. The molecular formula is C15H21ClFN3O. The highest BCUT2D eigenvalue weighted by Gasteiger charge is 2.24. The molecule has 1 aromatic carbocycles. The molecule has 21 heavy (non-hydrogen) atoms. The Balaban J connectivity index is 1.94. The second-order valence-electron chi connectivity index (χ2n) is 6.25. The normalized spacial score (nSPS) is 16.0. The molecule has 1 aliphatic heterocycles. The van der Waals surface area contributed by atoms with Gasteiger partial charge < -0.3 is 15.1 Å². The Bertz CT molecular complexity index is 522. The van der Waals surface area contributed by atoms with Gasteiger partial charge in [0.1, 0.15) is 5.82 Å². The van der Waals surface area contributed by atoms with E-state index in [9.17, 15) is 9.18 Å². The lowest BCUT2D eigenvalue weighted by molar-refractivity contribution is 0.185. The number of urea groups is 1. The number of nitrogens with zero attached hydrogens (tertiary/aromatic N) is 2. The molecule has 1 N–H and O–H groups in total. The van der Waals surface area contributed by atoms with E-state index in [4.69, 9.17) is 11.6 Å². The standard InChI is InChI=1S/C15H21ClFN3O/c1-15(2,3)18-14(21)20-8-6-19(7-9-20)11-4-5-13(17)12(16)10-11/h4-5,10H,6-9H2,1-3H3,(H,18,21). The summed E-state index contributed by atoms with van der Waals surface area (Å²) in [6.45, 7) is 8.57. The summed E-state index contributed by atoms with van der Waals surface area (Å²) in [5.41, 5.74) is 0.649. The summed E-state index contributed by atoms with van der Waals surface area (Å²) in [4.78, 5) is 16.0. The molecule has 0 radical (unpaired) electrons. The van der Waals surface area contributed by atoms with Crippen LogP contribution >= 0.6 is 11.6 Å². The Hall–Kier alpha value is -1.49. The molecule has 0 unspecified atom stereocenters. The van der Waals surface area contributed by atoms with Crippen LogP contribution in [0.25, 0.3) is 0 Å². The van der Waals surface area contributed by atoms with Crippen LogP contribution in [0.2, 0.25) is 5.02 Å². The molecule has 0 saturated carbocycles. The fraction of sp³-hybridized carbons (Fsp3) is 0.533. The van der Waals surface area contributed by atoms with Gasteiger partial charge >= 0.3 is 6.03 Å². The lowest BCUT2D eigenvalue weighted by Gasteiger charge is -2.37. The van der Waals surface area contributed by atoms with Gasteiger partial charge in [-0.1, -0.05) is 11.6 Å². The fourth-order valence-corrected chi connectivity index (χ4v) is 2.42. The minimum Gasteiger partial charge on any atom is -0.368 e. The molecule has 1 heterocycles. The Morgan fingerprint density at radius 2 is 1.86 bits per heavy atom. The molecule has 0 atom stereocenters. The Morgan fingerprint density at radius 3 is 2.38 bits per heavy atom. The molecule has 6 heteroatoms. The molecule has 1 saturated heterocycles. The molecule has 4 nitrogen and oxygen atoms in total. The third kappa shape index (κ3) is 4.24. The topological polar surface area (TPSA) is 35.6 Å². The minimum atomic E-state index is -0.413. The van der Waals surface area contributed by atoms with Crippen molar-refractivity contribution in [3.8, 4) is 0 Å². The Labute approximate surface area is 129 Å². The lowest BCUT2D eigenvalue weighted by atomic mass is 10.1. The van der Waals surface area contributed by atoms with Gasteiger partial charge in [-0.3, -0.25) is 0 Å². The molecular weight excluding hydrogens is 293 g/mol. The summed E-state index contributed by atoms with van der Waals surface area (Å²) in [7, 11) is 0. The smallest absolute Gasteiger partial charge is 0.317 e. The third-order valence-electron chi connectivity index (χ3n) is 3.32. The molecule has 0 aromatic heterocycles. The highest BCUT2D eigenvalue weighted by molar-refractivity contribution is 6.31. The summed E-state index contributed by atoms with van der Waals surface area (Å²) >= 11 is 5.81. The first-order valence-electron chi connectivity index (χ1n) is 7.03. The van der Waals surface area contributed by atoms with Gasteiger partial charge in [-0.25, -0.2) is 9.18 Å². The second-order valence-corrected chi connectivity index (χ2v) is 6.66. The zero-order valence-electron chi connectivity index (χ0n) is 12.6. The number of amides is 2. The van der Waals surface area contributed by atoms with Crippen molar-refractivity contribution in [2.24, 2.45) is 0 Å². The number of carbonyl (C=O) groups is 1. The molecule has 2 amide bonds. The van der Waals surface area contributed by atoms with Crippen molar-refractivity contribution in [3.05, 3.63) is 29.0 Å². The first-order chi connectivity index (χ1) is 9.76. The van der Waals surface area contributed by atoms with Gasteiger partial charge in [0.25, 0.3) is 0 Å². The van der Waals surface area contributed by atoms with Crippen LogP contribution < -0.4 is 10.2 Å². The van der Waals surface area contributed by atoms with Crippen LogP contribution in [0.3, 0.4) is 0 Å². The van der Waals surface area contributed by atoms with Gasteiger partial charge in [0.15, 0.2) is 0 Å². The van der Waals surface area contributed by atoms with Crippen LogP contribution in [0.4, 0.5) is 14.9 Å². The number of halogens is 2. The number of hydrogen-bond donors (Lipinski definition) is 1. The van der Waals surface area contributed by atoms with Crippen molar-refractivity contribution in [1.29, 1.82) is 0 Å². The maximum atomic E-state index is 13.2. The first-order valence-corrected chi connectivity index (χ1v) is 7.41. The van der Waals surface area contributed by atoms with E-state index in [0.29, 0.717) is 26.2 Å². The van der Waals surface area contributed by atoms with Crippen LogP contribution in [0.1, 0.15) is 20.8 Å². The van der Waals surface area contributed by atoms with Gasteiger partial charge in [0.05, 0.1) is 5.02 Å². The highest BCUT2D eigenvalue weighted by Crippen LogP contribution is 2.23. The van der Waals surface area contributed by atoms with Crippen molar-refractivity contribution >= 4 is 23.3 Å². The monoisotopic (exact) mass is 313 g/mol. The molecule has 116 valence electrons. The molecule has 0 aliphatic carbocycles. The van der Waals surface area contributed by atoms with E-state index in [-0.39, 0.29) is 16.6 Å². The molecule has 1 aliphatic rings. The van der Waals surface area contributed by atoms with Gasteiger partial charge in [0.2, 0.25) is 0 Å². The molecule has 0 bridgehead atoms. The Morgan fingerprint density at radius 1 is 1.24 bits per heavy atom. The number of hydrogen-bond acceptors (Lipinski definition) is 2. The molecule has 2 rings (SSSR count). The van der Waals surface area contributed by atoms with E-state index in [1.807, 2.05) is 20.8 Å². The number of benzene rings is 1. The summed E-state index contributed by atoms with van der Waals surface area (Å²) in [5, 5.41) is 3.08. The zero-order chi connectivity index (χ0) is 15.6. The predicted octanol–water partition coefficient (Wildman–Crippen LogP) is 3.11. The van der Waals surface area contributed by atoms with E-state index in [2.05, 4.69) is 10.2 Å². The number of anilines is 1. The molecule has 1 fully saturated rings. The summed E-state index contributed by atoms with van der Waals surface area (Å²) in [5.74, 6) is -0.413. The van der Waals surface area contributed by atoms with Crippen molar-refractivity contribution in [1.82, 2.24) is 10.2 Å². The van der Waals surface area contributed by atoms with Crippen LogP contribution in [-0.4, -0.2) is 42.6 Å². The van der Waals surface area contributed by atoms with Gasteiger partial charge in [-0.15, -0.1) is 0 Å². The average molecular weight is 314 g/mol. The van der Waals surface area contributed by atoms with E-state index in [1.54, 1.807) is 17.0 Å². The van der Waals surface area contributed by atoms with Crippen molar-refractivity contribution in [2.45, 2.75) is 26.3 Å². The lowest BCUT2D eigenvalue weighted by Crippen LogP contribution is -2.55. The fourth-order valence-electron chi connectivity index (χ4n) is 2.25. The van der Waals surface area contributed by atoms with Crippen LogP contribution in [0.5, 0.6) is 0 Å². The Kier molecular flexibility index (Phi) is 4.61. The van der Waals surface area contributed by atoms with E-state index >= 15 is 0 Å². The number of nitrogens with one attached hydrogen (secondary N) is 1. The van der Waals surface area contributed by atoms with Crippen molar-refractivity contribution in [2.75, 3.05) is 31.1 Å². The SMILES string of the molecule is CC(C)(C)NC(=O)N1CCN(c2ccc(F)c(Cl)c2)CC1. The predicted molar refractivity (Wildman–Crippen MR) is 83.5 cm³/mol. The zero-order valence-corrected chi connectivity index (χ0v) is 13.4. The van der Waals surface area contributed by atoms with Crippen molar-refractivity contribution < 1.29 is 9.18 Å². The summed E-state index contributed by atoms with van der Waals surface area (Å²) < 4.78 is 13.2. The second kappa shape index (κ2) is 6.10. The van der Waals surface area contributed by atoms with Crippen LogP contribution in [0.15, 0.2) is 18.2 Å². The third-order valence-corrected chi connectivity index (χ3v) is 3.61. The quantitative estimate of drug-likeness (QED) is 0.864. The first kappa shape index (κ1) is 15.9. The maximum Gasteiger partial charge on any atom is 0.317 e. The van der Waals surface area contributed by atoms with Crippen LogP contribution in [0, 0.1) is 5.82 Å². The molecule has 0 spiro atoms. The summed E-state index contributed by atoms with van der Waals surface area (Å²) in [6, 6.07) is 4.67. The number of rotatable bonds is 1. The average Bonchev–Trinajstić information content (AvgIpc) is 2.40. The maximum absolute atomic E-state index is 13.2. The van der Waals surface area contributed by atoms with E-state index < -0.39 is 5.82 Å². The highest BCUT2D eigenvalue weighted by atomic mass is 35.5. The van der Waals surface area contributed by atoms with E-state index in [1.165, 1.54) is 6.07 Å². The number of piperazine rings is 1. The van der Waals surface area contributed by atoms with Gasteiger partial charge in [-0.2, -0.15) is 0 Å². The van der Waals surface area contributed by atoms with Crippen LogP contribution in [-0.2, 0) is 0 Å². The number of carbonyl (C=O) groups excluding carboxylic acids is 1. The van der Waals surface area contributed by atoms with E-state index in [0.717, 1.165) is 5.69 Å². The molecule has 1 aromatic rings. The van der Waals surface area contributed by atoms with Gasteiger partial charge in [-0.05, 0) is 39.0 Å². The largest absolute Gasteiger partial charge is 0.368 e. The minimum absolute atomic E-state index is 0.0423. The van der Waals surface area contributed by atoms with Gasteiger partial charge in [0, 0.05) is 37.4 Å². The van der Waals surface area contributed by atoms with Crippen molar-refractivity contribution in [3.63, 3.8) is 0 Å².